The second-order valence-electron chi connectivity index (χ2n) is 5.61. The maximum Gasteiger partial charge on any atom is 0.268 e. The zero-order valence-corrected chi connectivity index (χ0v) is 14.8. The summed E-state index contributed by atoms with van der Waals surface area (Å²) in [4.78, 5) is 12.4. The third-order valence-corrected chi connectivity index (χ3v) is 5.39. The van der Waals surface area contributed by atoms with Crippen LogP contribution in [0.25, 0.3) is 0 Å². The zero-order chi connectivity index (χ0) is 14.7. The van der Waals surface area contributed by atoms with Crippen LogP contribution in [0.2, 0.25) is 0 Å². The van der Waals surface area contributed by atoms with E-state index in [1.165, 1.54) is 6.42 Å². The van der Waals surface area contributed by atoms with E-state index in [4.69, 9.17) is 0 Å². The quantitative estimate of drug-likeness (QED) is 0.853. The Labute approximate surface area is 134 Å². The van der Waals surface area contributed by atoms with Gasteiger partial charge in [-0.25, -0.2) is 0 Å². The van der Waals surface area contributed by atoms with Crippen molar-refractivity contribution in [1.29, 1.82) is 0 Å². The number of thioether (sulfide) groups is 1. The number of amides is 1. The number of hydrogen-bond donors (Lipinski definition) is 1. The van der Waals surface area contributed by atoms with Crippen LogP contribution in [-0.2, 0) is 0 Å². The SMILES string of the molecule is CCSC1CCC(NC(=O)c2cc(Br)cn2C(C)C)C1. The molecule has 1 saturated carbocycles. The van der Waals surface area contributed by atoms with Crippen molar-refractivity contribution in [2.45, 2.75) is 57.4 Å². The lowest BCUT2D eigenvalue weighted by atomic mass is 10.2. The van der Waals surface area contributed by atoms with Crippen LogP contribution in [0.15, 0.2) is 16.7 Å². The Bertz CT molecular complexity index is 472. The van der Waals surface area contributed by atoms with Crippen LogP contribution in [0.3, 0.4) is 0 Å². The number of nitrogens with zero attached hydrogens (tertiary/aromatic N) is 1. The molecule has 20 heavy (non-hydrogen) atoms. The van der Waals surface area contributed by atoms with Gasteiger partial charge in [-0.3, -0.25) is 4.79 Å². The average Bonchev–Trinajstić information content (AvgIpc) is 2.96. The van der Waals surface area contributed by atoms with Gasteiger partial charge >= 0.3 is 0 Å². The van der Waals surface area contributed by atoms with E-state index in [-0.39, 0.29) is 11.9 Å². The van der Waals surface area contributed by atoms with E-state index in [0.29, 0.717) is 11.3 Å². The molecule has 2 rings (SSSR count). The van der Waals surface area contributed by atoms with Gasteiger partial charge in [-0.05, 0) is 60.9 Å². The molecule has 1 aliphatic rings. The first-order chi connectivity index (χ1) is 9.51. The van der Waals surface area contributed by atoms with E-state index < -0.39 is 0 Å². The van der Waals surface area contributed by atoms with Crippen LogP contribution >= 0.6 is 27.7 Å². The fourth-order valence-corrected chi connectivity index (χ4v) is 4.35. The van der Waals surface area contributed by atoms with Crippen molar-refractivity contribution in [3.05, 3.63) is 22.4 Å². The molecule has 1 aromatic heterocycles. The van der Waals surface area contributed by atoms with Crippen molar-refractivity contribution in [2.24, 2.45) is 0 Å². The lowest BCUT2D eigenvalue weighted by molar-refractivity contribution is 0.0927. The van der Waals surface area contributed by atoms with Crippen molar-refractivity contribution in [2.75, 3.05) is 5.75 Å². The summed E-state index contributed by atoms with van der Waals surface area (Å²) >= 11 is 5.47. The Morgan fingerprint density at radius 2 is 2.30 bits per heavy atom. The van der Waals surface area contributed by atoms with Gasteiger partial charge in [0.2, 0.25) is 0 Å². The highest BCUT2D eigenvalue weighted by Gasteiger charge is 2.27. The minimum Gasteiger partial charge on any atom is -0.348 e. The summed E-state index contributed by atoms with van der Waals surface area (Å²) in [7, 11) is 0. The second kappa shape index (κ2) is 7.03. The molecular weight excluding hydrogens is 336 g/mol. The van der Waals surface area contributed by atoms with E-state index >= 15 is 0 Å². The van der Waals surface area contributed by atoms with E-state index in [1.54, 1.807) is 0 Å². The maximum atomic E-state index is 12.4. The van der Waals surface area contributed by atoms with E-state index in [2.05, 4.69) is 42.0 Å². The molecule has 1 fully saturated rings. The molecule has 5 heteroatoms. The predicted octanol–water partition coefficient (Wildman–Crippen LogP) is 4.24. The molecule has 0 saturated heterocycles. The van der Waals surface area contributed by atoms with Crippen molar-refractivity contribution in [3.8, 4) is 0 Å². The first-order valence-electron chi connectivity index (χ1n) is 7.31. The highest BCUT2D eigenvalue weighted by molar-refractivity contribution is 9.10. The summed E-state index contributed by atoms with van der Waals surface area (Å²) in [6.45, 7) is 6.38. The molecule has 0 aromatic carbocycles. The van der Waals surface area contributed by atoms with Crippen molar-refractivity contribution < 1.29 is 4.79 Å². The summed E-state index contributed by atoms with van der Waals surface area (Å²) in [5.41, 5.74) is 0.749. The molecule has 1 N–H and O–H groups in total. The van der Waals surface area contributed by atoms with E-state index in [9.17, 15) is 4.79 Å². The van der Waals surface area contributed by atoms with Gasteiger partial charge in [0.25, 0.3) is 5.91 Å². The molecule has 0 radical (unpaired) electrons. The largest absolute Gasteiger partial charge is 0.348 e. The smallest absolute Gasteiger partial charge is 0.268 e. The first kappa shape index (κ1) is 16.0. The number of hydrogen-bond acceptors (Lipinski definition) is 2. The fraction of sp³-hybridized carbons (Fsp3) is 0.667. The van der Waals surface area contributed by atoms with Crippen LogP contribution in [0.4, 0.5) is 0 Å². The highest BCUT2D eigenvalue weighted by atomic mass is 79.9. The van der Waals surface area contributed by atoms with Crippen LogP contribution in [0, 0.1) is 0 Å². The summed E-state index contributed by atoms with van der Waals surface area (Å²) in [6.07, 6.45) is 5.41. The molecule has 3 nitrogen and oxygen atoms in total. The summed E-state index contributed by atoms with van der Waals surface area (Å²) < 4.78 is 2.98. The number of halogens is 1. The first-order valence-corrected chi connectivity index (χ1v) is 9.15. The Morgan fingerprint density at radius 3 is 2.95 bits per heavy atom. The monoisotopic (exact) mass is 358 g/mol. The Balaban J connectivity index is 1.99. The number of carbonyl (C=O) groups excluding carboxylic acids is 1. The molecule has 2 atom stereocenters. The fourth-order valence-electron chi connectivity index (χ4n) is 2.77. The van der Waals surface area contributed by atoms with Crippen molar-refractivity contribution >= 4 is 33.6 Å². The summed E-state index contributed by atoms with van der Waals surface area (Å²) in [5, 5.41) is 3.91. The predicted molar refractivity (Wildman–Crippen MR) is 89.5 cm³/mol. The number of aromatic nitrogens is 1. The highest BCUT2D eigenvalue weighted by Crippen LogP contribution is 2.30. The Kier molecular flexibility index (Phi) is 5.61. The molecule has 0 aliphatic heterocycles. The lowest BCUT2D eigenvalue weighted by Gasteiger charge is -2.16. The summed E-state index contributed by atoms with van der Waals surface area (Å²) in [5.74, 6) is 1.21. The van der Waals surface area contributed by atoms with Crippen LogP contribution < -0.4 is 5.32 Å². The molecule has 1 aromatic rings. The molecule has 1 amide bonds. The van der Waals surface area contributed by atoms with Crippen molar-refractivity contribution in [1.82, 2.24) is 9.88 Å². The van der Waals surface area contributed by atoms with Crippen LogP contribution in [0.5, 0.6) is 0 Å². The maximum absolute atomic E-state index is 12.4. The zero-order valence-electron chi connectivity index (χ0n) is 12.4. The Morgan fingerprint density at radius 1 is 1.55 bits per heavy atom. The molecule has 112 valence electrons. The topological polar surface area (TPSA) is 34.0 Å². The van der Waals surface area contributed by atoms with Gasteiger partial charge in [-0.15, -0.1) is 0 Å². The minimum absolute atomic E-state index is 0.0524. The molecule has 0 spiro atoms. The number of rotatable bonds is 5. The molecular formula is C15H23BrN2OS. The summed E-state index contributed by atoms with van der Waals surface area (Å²) in [6, 6.07) is 2.53. The Hall–Kier alpha value is -0.420. The van der Waals surface area contributed by atoms with Gasteiger partial charge in [0.05, 0.1) is 0 Å². The molecule has 2 unspecified atom stereocenters. The van der Waals surface area contributed by atoms with E-state index in [1.807, 2.05) is 28.6 Å². The average molecular weight is 359 g/mol. The third kappa shape index (κ3) is 3.82. The third-order valence-electron chi connectivity index (χ3n) is 3.73. The minimum atomic E-state index is 0.0524. The van der Waals surface area contributed by atoms with Gasteiger partial charge < -0.3 is 9.88 Å². The van der Waals surface area contributed by atoms with Gasteiger partial charge in [0, 0.05) is 28.0 Å². The molecule has 0 bridgehead atoms. The van der Waals surface area contributed by atoms with Gasteiger partial charge in [-0.1, -0.05) is 6.92 Å². The van der Waals surface area contributed by atoms with Gasteiger partial charge in [0.1, 0.15) is 5.69 Å². The van der Waals surface area contributed by atoms with Crippen LogP contribution in [0.1, 0.15) is 56.6 Å². The van der Waals surface area contributed by atoms with Gasteiger partial charge in [0.15, 0.2) is 0 Å². The van der Waals surface area contributed by atoms with E-state index in [0.717, 1.165) is 28.8 Å². The lowest BCUT2D eigenvalue weighted by Crippen LogP contribution is -2.34. The second-order valence-corrected chi connectivity index (χ2v) is 8.10. The number of nitrogens with one attached hydrogen (secondary N) is 1. The standard InChI is InChI=1S/C15H23BrN2OS/c1-4-20-13-6-5-12(8-13)17-15(19)14-7-11(16)9-18(14)10(2)3/h7,9-10,12-13H,4-6,8H2,1-3H3,(H,17,19). The number of carbonyl (C=O) groups is 1. The normalized spacial score (nSPS) is 22.4. The molecule has 1 aliphatic carbocycles. The van der Waals surface area contributed by atoms with Crippen LogP contribution in [-0.4, -0.2) is 27.5 Å². The van der Waals surface area contributed by atoms with Crippen molar-refractivity contribution in [3.63, 3.8) is 0 Å². The molecule has 1 heterocycles. The van der Waals surface area contributed by atoms with Gasteiger partial charge in [-0.2, -0.15) is 11.8 Å².